The van der Waals surface area contributed by atoms with Gasteiger partial charge in [-0.3, -0.25) is 4.79 Å². The van der Waals surface area contributed by atoms with Crippen molar-refractivity contribution in [3.05, 3.63) is 59.3 Å². The van der Waals surface area contributed by atoms with Crippen LogP contribution in [0.5, 0.6) is 0 Å². The average Bonchev–Trinajstić information content (AvgIpc) is 3.64. The SMILES string of the molecule is [C-]#[N+]c1sc(N(C)c2c(CC)nc3ccc(N4CC(C(=O)N5CCC(O)C5)C4)nn23)nc1-c1ccc(F)cc1. The predicted octanol–water partition coefficient (Wildman–Crippen LogP) is 3.90. The maximum atomic E-state index is 13.5. The zero-order valence-corrected chi connectivity index (χ0v) is 22.4. The number of aryl methyl sites for hydroxylation is 1. The molecule has 1 amide bonds. The topological polar surface area (TPSA) is 94.5 Å². The molecule has 1 atom stereocenters. The molecule has 4 aromatic rings. The number of hydrogen-bond donors (Lipinski definition) is 1. The van der Waals surface area contributed by atoms with Gasteiger partial charge in [-0.1, -0.05) is 19.1 Å². The number of carbonyl (C=O) groups is 1. The van der Waals surface area contributed by atoms with E-state index in [0.717, 1.165) is 17.3 Å². The molecule has 2 fully saturated rings. The smallest absolute Gasteiger partial charge is 0.270 e. The van der Waals surface area contributed by atoms with E-state index in [2.05, 4.69) is 9.74 Å². The van der Waals surface area contributed by atoms with Crippen molar-refractivity contribution in [1.29, 1.82) is 0 Å². The highest BCUT2D eigenvalue weighted by molar-refractivity contribution is 7.20. The molecule has 200 valence electrons. The molecule has 39 heavy (non-hydrogen) atoms. The Hall–Kier alpha value is -4.08. The lowest BCUT2D eigenvalue weighted by molar-refractivity contribution is -0.135. The van der Waals surface area contributed by atoms with Gasteiger partial charge in [0.05, 0.1) is 30.0 Å². The number of anilines is 3. The summed E-state index contributed by atoms with van der Waals surface area (Å²) in [6, 6.07) is 9.80. The quantitative estimate of drug-likeness (QED) is 0.367. The Labute approximate surface area is 228 Å². The standard InChI is InChI=1S/C27H27FN8O2S/c1-4-20-25(33(3)27-31-23(24(29-2)39-27)16-5-7-18(28)8-6-16)36-21(30-20)9-10-22(32-36)35-13-17(14-35)26(38)34-12-11-19(37)15-34/h5-10,17,19,37H,4,11-15H2,1,3H3. The second kappa shape index (κ2) is 9.91. The zero-order chi connectivity index (χ0) is 27.3. The third-order valence-electron chi connectivity index (χ3n) is 7.30. The Morgan fingerprint density at radius 3 is 2.64 bits per heavy atom. The summed E-state index contributed by atoms with van der Waals surface area (Å²) in [7, 11) is 1.88. The van der Waals surface area contributed by atoms with Crippen molar-refractivity contribution < 1.29 is 14.3 Å². The van der Waals surface area contributed by atoms with Crippen molar-refractivity contribution in [3.8, 4) is 11.3 Å². The average molecular weight is 547 g/mol. The Morgan fingerprint density at radius 2 is 1.97 bits per heavy atom. The monoisotopic (exact) mass is 546 g/mol. The van der Waals surface area contributed by atoms with Gasteiger partial charge in [-0.25, -0.2) is 19.2 Å². The van der Waals surface area contributed by atoms with Crippen LogP contribution >= 0.6 is 11.3 Å². The number of aliphatic hydroxyl groups is 1. The molecule has 5 heterocycles. The molecule has 0 spiro atoms. The van der Waals surface area contributed by atoms with E-state index in [-0.39, 0.29) is 17.6 Å². The number of benzene rings is 1. The van der Waals surface area contributed by atoms with Crippen molar-refractivity contribution in [2.75, 3.05) is 43.0 Å². The Kier molecular flexibility index (Phi) is 6.40. The van der Waals surface area contributed by atoms with Crippen LogP contribution in [0.15, 0.2) is 36.4 Å². The largest absolute Gasteiger partial charge is 0.391 e. The van der Waals surface area contributed by atoms with Gasteiger partial charge < -0.3 is 19.8 Å². The van der Waals surface area contributed by atoms with E-state index in [9.17, 15) is 14.3 Å². The van der Waals surface area contributed by atoms with Crippen LogP contribution in [-0.2, 0) is 11.2 Å². The van der Waals surface area contributed by atoms with Gasteiger partial charge in [0.2, 0.25) is 5.91 Å². The molecule has 12 heteroatoms. The summed E-state index contributed by atoms with van der Waals surface area (Å²) in [6.07, 6.45) is 0.889. The molecule has 1 aromatic carbocycles. The first-order valence-electron chi connectivity index (χ1n) is 12.8. The molecule has 10 nitrogen and oxygen atoms in total. The fraction of sp³-hybridized carbons (Fsp3) is 0.370. The first kappa shape index (κ1) is 25.2. The van der Waals surface area contributed by atoms with Crippen molar-refractivity contribution in [2.45, 2.75) is 25.9 Å². The van der Waals surface area contributed by atoms with Crippen molar-refractivity contribution in [2.24, 2.45) is 5.92 Å². The predicted molar refractivity (Wildman–Crippen MR) is 147 cm³/mol. The molecule has 2 saturated heterocycles. The minimum atomic E-state index is -0.422. The Bertz CT molecular complexity index is 1590. The zero-order valence-electron chi connectivity index (χ0n) is 21.6. The number of imidazole rings is 1. The molecule has 1 unspecified atom stereocenters. The normalized spacial score (nSPS) is 17.5. The van der Waals surface area contributed by atoms with Crippen molar-refractivity contribution >= 4 is 44.7 Å². The van der Waals surface area contributed by atoms with Gasteiger partial charge in [-0.15, -0.1) is 16.4 Å². The number of likely N-dealkylation sites (tertiary alicyclic amines) is 1. The molecule has 2 aliphatic heterocycles. The maximum absolute atomic E-state index is 13.5. The lowest BCUT2D eigenvalue weighted by atomic mass is 9.98. The fourth-order valence-corrected chi connectivity index (χ4v) is 5.97. The molecule has 0 aliphatic carbocycles. The summed E-state index contributed by atoms with van der Waals surface area (Å²) in [5.41, 5.74) is 2.73. The Morgan fingerprint density at radius 1 is 1.21 bits per heavy atom. The third-order valence-corrected chi connectivity index (χ3v) is 8.32. The number of fused-ring (bicyclic) bond motifs is 1. The van der Waals surface area contributed by atoms with Crippen LogP contribution in [0.1, 0.15) is 19.0 Å². The molecular weight excluding hydrogens is 519 g/mol. The fourth-order valence-electron chi connectivity index (χ4n) is 5.13. The van der Waals surface area contributed by atoms with E-state index in [1.165, 1.54) is 23.5 Å². The number of carbonyl (C=O) groups excluding carboxylic acids is 1. The van der Waals surface area contributed by atoms with Gasteiger partial charge in [-0.05, 0) is 42.7 Å². The lowest BCUT2D eigenvalue weighted by Gasteiger charge is -2.40. The molecule has 6 rings (SSSR count). The van der Waals surface area contributed by atoms with E-state index in [1.54, 1.807) is 21.5 Å². The number of β-amino-alcohol motifs (C(OH)–C–C–N with tert-alkyl or cyclic N) is 1. The lowest BCUT2D eigenvalue weighted by Crippen LogP contribution is -2.54. The summed E-state index contributed by atoms with van der Waals surface area (Å²) < 4.78 is 15.3. The maximum Gasteiger partial charge on any atom is 0.270 e. The van der Waals surface area contributed by atoms with E-state index < -0.39 is 6.10 Å². The van der Waals surface area contributed by atoms with E-state index >= 15 is 0 Å². The van der Waals surface area contributed by atoms with Crippen LogP contribution in [0.4, 0.5) is 26.2 Å². The number of aliphatic hydroxyl groups excluding tert-OH is 1. The molecule has 0 bridgehead atoms. The van der Waals surface area contributed by atoms with Crippen LogP contribution in [0.25, 0.3) is 21.7 Å². The molecule has 1 N–H and O–H groups in total. The van der Waals surface area contributed by atoms with Crippen molar-refractivity contribution in [1.82, 2.24) is 24.5 Å². The second-order valence-electron chi connectivity index (χ2n) is 9.85. The summed E-state index contributed by atoms with van der Waals surface area (Å²) >= 11 is 1.26. The van der Waals surface area contributed by atoms with Crippen LogP contribution in [0, 0.1) is 18.3 Å². The minimum absolute atomic E-state index is 0.0940. The Balaban J connectivity index is 1.28. The summed E-state index contributed by atoms with van der Waals surface area (Å²) in [5, 5.41) is 15.7. The molecule has 2 aliphatic rings. The number of thiazole rings is 1. The first-order valence-corrected chi connectivity index (χ1v) is 13.7. The van der Waals surface area contributed by atoms with E-state index in [1.807, 2.05) is 31.0 Å². The highest BCUT2D eigenvalue weighted by Crippen LogP contribution is 2.42. The molecule has 0 radical (unpaired) electrons. The van der Waals surface area contributed by atoms with Gasteiger partial charge in [-0.2, -0.15) is 4.52 Å². The van der Waals surface area contributed by atoms with Crippen molar-refractivity contribution in [3.63, 3.8) is 0 Å². The molecule has 3 aromatic heterocycles. The van der Waals surface area contributed by atoms with Gasteiger partial charge in [0, 0.05) is 33.2 Å². The number of halogens is 1. The third kappa shape index (κ3) is 4.47. The van der Waals surface area contributed by atoms with E-state index in [0.29, 0.717) is 66.1 Å². The van der Waals surface area contributed by atoms with Crippen LogP contribution in [0.3, 0.4) is 0 Å². The van der Waals surface area contributed by atoms with Gasteiger partial charge in [0.15, 0.2) is 16.6 Å². The first-order chi connectivity index (χ1) is 18.9. The minimum Gasteiger partial charge on any atom is -0.391 e. The number of nitrogens with zero attached hydrogens (tertiary/aromatic N) is 8. The van der Waals surface area contributed by atoms with Gasteiger partial charge in [0.25, 0.3) is 5.00 Å². The summed E-state index contributed by atoms with van der Waals surface area (Å²) in [5.74, 6) is 1.15. The second-order valence-corrected chi connectivity index (χ2v) is 10.8. The van der Waals surface area contributed by atoms with Crippen LogP contribution in [0.2, 0.25) is 0 Å². The number of hydrogen-bond acceptors (Lipinski definition) is 8. The number of aromatic nitrogens is 4. The number of amides is 1. The molecule has 0 saturated carbocycles. The van der Waals surface area contributed by atoms with Crippen LogP contribution in [-0.4, -0.2) is 74.8 Å². The highest BCUT2D eigenvalue weighted by Gasteiger charge is 2.38. The van der Waals surface area contributed by atoms with E-state index in [4.69, 9.17) is 21.6 Å². The summed E-state index contributed by atoms with van der Waals surface area (Å²) in [4.78, 5) is 31.7. The molecular formula is C27H27FN8O2S. The van der Waals surface area contributed by atoms with Gasteiger partial charge in [0.1, 0.15) is 11.6 Å². The highest BCUT2D eigenvalue weighted by atomic mass is 32.1. The summed E-state index contributed by atoms with van der Waals surface area (Å²) in [6.45, 7) is 11.9. The number of rotatable bonds is 6. The van der Waals surface area contributed by atoms with Crippen LogP contribution < -0.4 is 9.80 Å². The van der Waals surface area contributed by atoms with Gasteiger partial charge >= 0.3 is 0 Å².